The first-order valence-corrected chi connectivity index (χ1v) is 34.4. The van der Waals surface area contributed by atoms with Crippen LogP contribution in [0.1, 0.15) is 329 Å². The number of esters is 3. The van der Waals surface area contributed by atoms with E-state index in [2.05, 4.69) is 130 Å². The van der Waals surface area contributed by atoms with Crippen LogP contribution in [0.2, 0.25) is 0 Å². The molecular formula is C75H128O6. The standard InChI is InChI=1S/C75H128O6/c1-4-7-10-13-16-19-21-23-25-27-29-30-31-32-33-34-35-36-37-38-39-40-41-42-43-44-46-47-49-51-53-56-59-62-65-68-74(77)80-71-72(70-79-73(76)67-64-61-58-55-18-15-12-9-6-3)81-75(78)69-66-63-60-57-54-52-50-48-45-28-26-24-22-20-17-14-11-8-5-2/h7,10,16,19,23,25,29-30,32-33,35-36,38-39,41-42,44,46,72H,4-6,8-9,11-15,17-18,20-22,24,26-28,31,34,37,40,43,45,47-71H2,1-3H3/b10-7-,19-16-,25-23-,30-29-,33-32-,36-35-,39-38-,42-41-,46-44-. The summed E-state index contributed by atoms with van der Waals surface area (Å²) in [4.78, 5) is 38.2. The SMILES string of the molecule is CC/C=C\C/C=C\C/C=C\C/C=C\C/C=C\C/C=C\C/C=C\C/C=C\C/C=C\CCCCCCCCCC(=O)OCC(COC(=O)CCCCCCCCCCC)OC(=O)CCCCCCCCCCCCCCCCCCCCC. The summed E-state index contributed by atoms with van der Waals surface area (Å²) in [6.07, 6.45) is 94.0. The van der Waals surface area contributed by atoms with Crippen molar-refractivity contribution in [1.29, 1.82) is 0 Å². The first-order chi connectivity index (χ1) is 40.0. The first kappa shape index (κ1) is 77.1. The van der Waals surface area contributed by atoms with Gasteiger partial charge in [0.2, 0.25) is 0 Å². The summed E-state index contributed by atoms with van der Waals surface area (Å²) in [7, 11) is 0. The molecule has 0 aliphatic carbocycles. The molecule has 0 N–H and O–H groups in total. The largest absolute Gasteiger partial charge is 0.462 e. The molecule has 0 fully saturated rings. The van der Waals surface area contributed by atoms with Gasteiger partial charge in [0, 0.05) is 19.3 Å². The highest BCUT2D eigenvalue weighted by Crippen LogP contribution is 2.17. The van der Waals surface area contributed by atoms with E-state index in [1.807, 2.05) is 0 Å². The third-order valence-electron chi connectivity index (χ3n) is 14.8. The monoisotopic (exact) mass is 1120 g/mol. The molecule has 0 heterocycles. The molecule has 0 spiro atoms. The maximum atomic E-state index is 12.9. The summed E-state index contributed by atoms with van der Waals surface area (Å²) in [5, 5.41) is 0. The second kappa shape index (κ2) is 68.6. The minimum Gasteiger partial charge on any atom is -0.462 e. The van der Waals surface area contributed by atoms with Gasteiger partial charge in [-0.25, -0.2) is 0 Å². The van der Waals surface area contributed by atoms with Gasteiger partial charge in [0.1, 0.15) is 13.2 Å². The van der Waals surface area contributed by atoms with Crippen molar-refractivity contribution in [3.63, 3.8) is 0 Å². The number of ether oxygens (including phenoxy) is 3. The van der Waals surface area contributed by atoms with Gasteiger partial charge in [-0.1, -0.05) is 329 Å². The summed E-state index contributed by atoms with van der Waals surface area (Å²) in [6.45, 7) is 6.53. The molecule has 0 rings (SSSR count). The number of hydrogen-bond acceptors (Lipinski definition) is 6. The van der Waals surface area contributed by atoms with Crippen molar-refractivity contribution in [2.24, 2.45) is 0 Å². The molecule has 1 unspecified atom stereocenters. The zero-order chi connectivity index (χ0) is 58.5. The summed E-state index contributed by atoms with van der Waals surface area (Å²) < 4.78 is 16.9. The van der Waals surface area contributed by atoms with Crippen molar-refractivity contribution in [2.75, 3.05) is 13.2 Å². The van der Waals surface area contributed by atoms with E-state index in [0.717, 1.165) is 122 Å². The highest BCUT2D eigenvalue weighted by molar-refractivity contribution is 5.71. The molecule has 0 radical (unpaired) electrons. The van der Waals surface area contributed by atoms with Gasteiger partial charge in [0.25, 0.3) is 0 Å². The van der Waals surface area contributed by atoms with E-state index in [1.54, 1.807) is 0 Å². The average Bonchev–Trinajstić information content (AvgIpc) is 3.47. The molecule has 6 nitrogen and oxygen atoms in total. The van der Waals surface area contributed by atoms with Crippen molar-refractivity contribution in [1.82, 2.24) is 0 Å². The Labute approximate surface area is 501 Å². The van der Waals surface area contributed by atoms with Crippen LogP contribution in [0.4, 0.5) is 0 Å². The molecule has 81 heavy (non-hydrogen) atoms. The molecule has 0 aliphatic heterocycles. The first-order valence-electron chi connectivity index (χ1n) is 34.4. The van der Waals surface area contributed by atoms with Crippen LogP contribution in [0.5, 0.6) is 0 Å². The Morgan fingerprint density at radius 3 is 0.753 bits per heavy atom. The molecular weight excluding hydrogens is 997 g/mol. The second-order valence-electron chi connectivity index (χ2n) is 22.7. The topological polar surface area (TPSA) is 78.9 Å². The number of unbranched alkanes of at least 4 members (excludes halogenated alkanes) is 33. The molecule has 0 amide bonds. The highest BCUT2D eigenvalue weighted by Gasteiger charge is 2.19. The molecule has 0 saturated heterocycles. The Morgan fingerprint density at radius 2 is 0.481 bits per heavy atom. The number of carbonyl (C=O) groups excluding carboxylic acids is 3. The van der Waals surface area contributed by atoms with Crippen molar-refractivity contribution in [3.8, 4) is 0 Å². The lowest BCUT2D eigenvalue weighted by Gasteiger charge is -2.18. The van der Waals surface area contributed by atoms with Crippen LogP contribution in [-0.2, 0) is 28.6 Å². The number of rotatable bonds is 62. The van der Waals surface area contributed by atoms with Gasteiger partial charge in [-0.2, -0.15) is 0 Å². The maximum absolute atomic E-state index is 12.9. The van der Waals surface area contributed by atoms with Crippen LogP contribution in [0.15, 0.2) is 109 Å². The van der Waals surface area contributed by atoms with Crippen LogP contribution in [0.3, 0.4) is 0 Å². The molecule has 1 atom stereocenters. The number of hydrogen-bond donors (Lipinski definition) is 0. The van der Waals surface area contributed by atoms with Crippen molar-refractivity contribution in [2.45, 2.75) is 335 Å². The van der Waals surface area contributed by atoms with Crippen molar-refractivity contribution < 1.29 is 28.6 Å². The normalized spacial score (nSPS) is 12.8. The van der Waals surface area contributed by atoms with E-state index in [1.165, 1.54) is 167 Å². The van der Waals surface area contributed by atoms with Gasteiger partial charge >= 0.3 is 17.9 Å². The van der Waals surface area contributed by atoms with Crippen molar-refractivity contribution in [3.05, 3.63) is 109 Å². The highest BCUT2D eigenvalue weighted by atomic mass is 16.6. The molecule has 0 saturated carbocycles. The predicted molar refractivity (Wildman–Crippen MR) is 353 cm³/mol. The van der Waals surface area contributed by atoms with Crippen molar-refractivity contribution >= 4 is 17.9 Å². The zero-order valence-electron chi connectivity index (χ0n) is 53.3. The second-order valence-corrected chi connectivity index (χ2v) is 22.7. The van der Waals surface area contributed by atoms with Gasteiger partial charge < -0.3 is 14.2 Å². The predicted octanol–water partition coefficient (Wildman–Crippen LogP) is 23.8. The molecule has 0 bridgehead atoms. The Kier molecular flexibility index (Phi) is 65.2. The van der Waals surface area contributed by atoms with Crippen LogP contribution >= 0.6 is 0 Å². The lowest BCUT2D eigenvalue weighted by molar-refractivity contribution is -0.167. The van der Waals surface area contributed by atoms with Crippen LogP contribution in [-0.4, -0.2) is 37.2 Å². The molecule has 0 aliphatic rings. The van der Waals surface area contributed by atoms with E-state index in [4.69, 9.17) is 14.2 Å². The molecule has 464 valence electrons. The van der Waals surface area contributed by atoms with Gasteiger partial charge in [0.15, 0.2) is 6.10 Å². The van der Waals surface area contributed by atoms with Gasteiger partial charge in [-0.05, 0) is 89.9 Å². The molecule has 0 aromatic carbocycles. The van der Waals surface area contributed by atoms with Gasteiger partial charge in [0.05, 0.1) is 0 Å². The maximum Gasteiger partial charge on any atom is 0.306 e. The molecule has 6 heteroatoms. The summed E-state index contributed by atoms with van der Waals surface area (Å²) in [5.41, 5.74) is 0. The molecule has 0 aromatic heterocycles. The van der Waals surface area contributed by atoms with E-state index >= 15 is 0 Å². The lowest BCUT2D eigenvalue weighted by Crippen LogP contribution is -2.30. The Hall–Kier alpha value is -3.93. The third-order valence-corrected chi connectivity index (χ3v) is 14.8. The fourth-order valence-corrected chi connectivity index (χ4v) is 9.67. The molecule has 0 aromatic rings. The summed E-state index contributed by atoms with van der Waals surface area (Å²) >= 11 is 0. The Balaban J connectivity index is 4.18. The lowest BCUT2D eigenvalue weighted by atomic mass is 10.0. The van der Waals surface area contributed by atoms with E-state index < -0.39 is 6.10 Å². The van der Waals surface area contributed by atoms with Gasteiger partial charge in [-0.3, -0.25) is 14.4 Å². The number of allylic oxidation sites excluding steroid dienone is 18. The third kappa shape index (κ3) is 66.8. The van der Waals surface area contributed by atoms with E-state index in [9.17, 15) is 14.4 Å². The number of carbonyl (C=O) groups is 3. The zero-order valence-corrected chi connectivity index (χ0v) is 53.3. The van der Waals surface area contributed by atoms with Crippen LogP contribution in [0.25, 0.3) is 0 Å². The fourth-order valence-electron chi connectivity index (χ4n) is 9.67. The quantitative estimate of drug-likeness (QED) is 0.0261. The van der Waals surface area contributed by atoms with Crippen LogP contribution in [0, 0.1) is 0 Å². The average molecular weight is 1130 g/mol. The van der Waals surface area contributed by atoms with Crippen LogP contribution < -0.4 is 0 Å². The smallest absolute Gasteiger partial charge is 0.306 e. The Bertz CT molecular complexity index is 1620. The van der Waals surface area contributed by atoms with E-state index in [-0.39, 0.29) is 31.1 Å². The minimum atomic E-state index is -0.779. The fraction of sp³-hybridized carbons (Fsp3) is 0.720. The van der Waals surface area contributed by atoms with Gasteiger partial charge in [-0.15, -0.1) is 0 Å². The summed E-state index contributed by atoms with van der Waals surface area (Å²) in [5.74, 6) is -0.878. The minimum absolute atomic E-state index is 0.0769. The van der Waals surface area contributed by atoms with E-state index in [0.29, 0.717) is 19.3 Å². The summed E-state index contributed by atoms with van der Waals surface area (Å²) in [6, 6.07) is 0. The Morgan fingerprint density at radius 1 is 0.259 bits per heavy atom.